The lowest BCUT2D eigenvalue weighted by atomic mass is 10.1. The van der Waals surface area contributed by atoms with Gasteiger partial charge in [-0.1, -0.05) is 29.8 Å². The normalized spacial score (nSPS) is 15.7. The summed E-state index contributed by atoms with van der Waals surface area (Å²) in [5.74, 6) is 1.85. The number of hydrogen-bond acceptors (Lipinski definition) is 5. The molecule has 1 aromatic heterocycles. The fraction of sp³-hybridized carbons (Fsp3) is 0.320. The van der Waals surface area contributed by atoms with Gasteiger partial charge in [0, 0.05) is 24.2 Å². The van der Waals surface area contributed by atoms with Crippen molar-refractivity contribution in [3.8, 4) is 6.19 Å². The highest BCUT2D eigenvalue weighted by Gasteiger charge is 2.33. The number of carbonyl (C=O) groups is 1. The van der Waals surface area contributed by atoms with Crippen molar-refractivity contribution in [3.63, 3.8) is 0 Å². The molecule has 2 aromatic carbocycles. The van der Waals surface area contributed by atoms with Crippen molar-refractivity contribution in [2.24, 2.45) is 4.99 Å². The van der Waals surface area contributed by atoms with E-state index in [9.17, 15) is 10.1 Å². The first-order valence-corrected chi connectivity index (χ1v) is 11.8. The van der Waals surface area contributed by atoms with Crippen LogP contribution in [0.4, 0.5) is 5.69 Å². The molecule has 4 rings (SSSR count). The molecular formula is C25H27ClN8O. The second kappa shape index (κ2) is 10.6. The number of benzene rings is 2. The van der Waals surface area contributed by atoms with Gasteiger partial charge in [-0.2, -0.15) is 5.26 Å². The third-order valence-electron chi connectivity index (χ3n) is 6.13. The summed E-state index contributed by atoms with van der Waals surface area (Å²) in [6, 6.07) is 12.9. The van der Waals surface area contributed by atoms with Crippen molar-refractivity contribution in [1.29, 1.82) is 5.26 Å². The Balaban J connectivity index is 1.69. The number of nitrogens with zero attached hydrogens (tertiary/aromatic N) is 6. The quantitative estimate of drug-likeness (QED) is 0.243. The lowest BCUT2D eigenvalue weighted by Crippen LogP contribution is -2.39. The Morgan fingerprint density at radius 2 is 2.00 bits per heavy atom. The maximum absolute atomic E-state index is 12.1. The summed E-state index contributed by atoms with van der Waals surface area (Å²) >= 11 is 6.05. The lowest BCUT2D eigenvalue weighted by Gasteiger charge is -2.27. The molecule has 1 saturated heterocycles. The molecule has 1 aliphatic rings. The Hall–Kier alpha value is -3.90. The Labute approximate surface area is 209 Å². The monoisotopic (exact) mass is 490 g/mol. The van der Waals surface area contributed by atoms with Gasteiger partial charge in [-0.3, -0.25) is 10.1 Å². The van der Waals surface area contributed by atoms with Crippen LogP contribution in [0, 0.1) is 25.3 Å². The van der Waals surface area contributed by atoms with Crippen LogP contribution in [-0.2, 0) is 6.54 Å². The third-order valence-corrected chi connectivity index (χ3v) is 6.39. The standard InChI is InChI=1S/C25H27ClN8O/c1-16-6-9-19(24(35)28-3)13-21(16)30-25(29-15-27)33-12-4-5-22(33)23-32-31-17(2)34(23)14-18-7-10-20(26)11-8-18/h6-11,13,22H,4-5,12,14H2,1-3H3,(H,28,35)(H,29,30)/t22-/m1/s1. The molecule has 1 aliphatic heterocycles. The Morgan fingerprint density at radius 1 is 1.23 bits per heavy atom. The van der Waals surface area contributed by atoms with Gasteiger partial charge in [-0.25, -0.2) is 4.99 Å². The first kappa shape index (κ1) is 24.2. The minimum Gasteiger partial charge on any atom is -0.355 e. The number of hydrogen-bond donors (Lipinski definition) is 2. The van der Waals surface area contributed by atoms with Crippen LogP contribution in [0.2, 0.25) is 5.02 Å². The SMILES string of the molecule is CNC(=O)c1ccc(C)c(N=C(NC#N)N2CCC[C@@H]2c2nnc(C)n2Cc2ccc(Cl)cc2)c1. The molecular weight excluding hydrogens is 464 g/mol. The van der Waals surface area contributed by atoms with E-state index in [4.69, 9.17) is 16.6 Å². The zero-order chi connectivity index (χ0) is 24.9. The van der Waals surface area contributed by atoms with Gasteiger partial charge < -0.3 is 14.8 Å². The molecule has 1 atom stereocenters. The molecule has 1 fully saturated rings. The van der Waals surface area contributed by atoms with Crippen LogP contribution in [0.3, 0.4) is 0 Å². The fourth-order valence-corrected chi connectivity index (χ4v) is 4.37. The van der Waals surface area contributed by atoms with E-state index < -0.39 is 0 Å². The molecule has 0 unspecified atom stereocenters. The highest BCUT2D eigenvalue weighted by atomic mass is 35.5. The van der Waals surface area contributed by atoms with Crippen LogP contribution in [0.25, 0.3) is 0 Å². The van der Waals surface area contributed by atoms with Gasteiger partial charge in [0.1, 0.15) is 5.82 Å². The summed E-state index contributed by atoms with van der Waals surface area (Å²) in [5, 5.41) is 24.4. The molecule has 35 heavy (non-hydrogen) atoms. The van der Waals surface area contributed by atoms with Crippen LogP contribution in [0.15, 0.2) is 47.5 Å². The molecule has 10 heteroatoms. The van der Waals surface area contributed by atoms with Crippen LogP contribution < -0.4 is 10.6 Å². The fourth-order valence-electron chi connectivity index (χ4n) is 4.24. The number of guanidine groups is 1. The van der Waals surface area contributed by atoms with Crippen LogP contribution >= 0.6 is 11.6 Å². The second-order valence-electron chi connectivity index (χ2n) is 8.42. The van der Waals surface area contributed by atoms with Crippen molar-refractivity contribution in [3.05, 3.63) is 75.8 Å². The number of nitrogens with one attached hydrogen (secondary N) is 2. The number of aryl methyl sites for hydroxylation is 2. The summed E-state index contributed by atoms with van der Waals surface area (Å²) in [7, 11) is 1.59. The summed E-state index contributed by atoms with van der Waals surface area (Å²) in [4.78, 5) is 18.9. The number of aromatic nitrogens is 3. The van der Waals surface area contributed by atoms with E-state index in [-0.39, 0.29) is 11.9 Å². The van der Waals surface area contributed by atoms with E-state index in [0.29, 0.717) is 35.3 Å². The average molecular weight is 491 g/mol. The lowest BCUT2D eigenvalue weighted by molar-refractivity contribution is 0.0963. The van der Waals surface area contributed by atoms with Crippen LogP contribution in [-0.4, -0.2) is 45.1 Å². The molecule has 2 N–H and O–H groups in total. The Morgan fingerprint density at radius 3 is 2.71 bits per heavy atom. The van der Waals surface area contributed by atoms with Gasteiger partial charge in [0.25, 0.3) is 5.91 Å². The molecule has 0 radical (unpaired) electrons. The van der Waals surface area contributed by atoms with Crippen molar-refractivity contribution in [1.82, 2.24) is 30.3 Å². The van der Waals surface area contributed by atoms with E-state index in [2.05, 4.69) is 30.3 Å². The molecule has 180 valence electrons. The minimum atomic E-state index is -0.193. The Bertz CT molecular complexity index is 1290. The second-order valence-corrected chi connectivity index (χ2v) is 8.86. The molecule has 2 heterocycles. The van der Waals surface area contributed by atoms with E-state index in [0.717, 1.165) is 35.6 Å². The maximum atomic E-state index is 12.1. The van der Waals surface area contributed by atoms with E-state index in [1.54, 1.807) is 19.2 Å². The molecule has 0 saturated carbocycles. The number of rotatable bonds is 5. The van der Waals surface area contributed by atoms with E-state index >= 15 is 0 Å². The van der Waals surface area contributed by atoms with E-state index in [1.807, 2.05) is 50.4 Å². The van der Waals surface area contributed by atoms with Gasteiger partial charge in [0.2, 0.25) is 5.96 Å². The van der Waals surface area contributed by atoms with Gasteiger partial charge in [-0.15, -0.1) is 10.2 Å². The summed E-state index contributed by atoms with van der Waals surface area (Å²) in [6.07, 6.45) is 3.78. The summed E-state index contributed by atoms with van der Waals surface area (Å²) in [6.45, 7) is 5.17. The highest BCUT2D eigenvalue weighted by molar-refractivity contribution is 6.30. The molecule has 9 nitrogen and oxygen atoms in total. The first-order chi connectivity index (χ1) is 16.9. The predicted molar refractivity (Wildman–Crippen MR) is 134 cm³/mol. The highest BCUT2D eigenvalue weighted by Crippen LogP contribution is 2.33. The topological polar surface area (TPSA) is 111 Å². The summed E-state index contributed by atoms with van der Waals surface area (Å²) < 4.78 is 2.09. The van der Waals surface area contributed by atoms with Gasteiger partial charge in [-0.05, 0) is 62.1 Å². The number of carbonyl (C=O) groups excluding carboxylic acids is 1. The number of likely N-dealkylation sites (tertiary alicyclic amines) is 1. The van der Waals surface area contributed by atoms with Crippen molar-refractivity contribution in [2.75, 3.05) is 13.6 Å². The summed E-state index contributed by atoms with van der Waals surface area (Å²) in [5.41, 5.74) is 3.11. The first-order valence-electron chi connectivity index (χ1n) is 11.4. The van der Waals surface area contributed by atoms with Crippen molar-refractivity contribution < 1.29 is 4.79 Å². The van der Waals surface area contributed by atoms with Gasteiger partial charge in [0.05, 0.1) is 18.3 Å². The van der Waals surface area contributed by atoms with Crippen LogP contribution in [0.5, 0.6) is 0 Å². The zero-order valence-corrected chi connectivity index (χ0v) is 20.7. The third kappa shape index (κ3) is 5.28. The smallest absolute Gasteiger partial charge is 0.251 e. The molecule has 3 aromatic rings. The Kier molecular flexibility index (Phi) is 7.32. The van der Waals surface area contributed by atoms with Gasteiger partial charge in [0.15, 0.2) is 12.0 Å². The maximum Gasteiger partial charge on any atom is 0.251 e. The number of aliphatic imine (C=N–C) groups is 1. The zero-order valence-electron chi connectivity index (χ0n) is 19.9. The predicted octanol–water partition coefficient (Wildman–Crippen LogP) is 3.85. The van der Waals surface area contributed by atoms with Crippen molar-refractivity contribution >= 4 is 29.2 Å². The number of halogens is 1. The van der Waals surface area contributed by atoms with E-state index in [1.165, 1.54) is 0 Å². The molecule has 0 bridgehead atoms. The molecule has 0 spiro atoms. The largest absolute Gasteiger partial charge is 0.355 e. The van der Waals surface area contributed by atoms with Gasteiger partial charge >= 0.3 is 0 Å². The average Bonchev–Trinajstić information content (AvgIpc) is 3.47. The van der Waals surface area contributed by atoms with Crippen LogP contribution in [0.1, 0.15) is 52.0 Å². The minimum absolute atomic E-state index is 0.106. The number of amides is 1. The molecule has 0 aliphatic carbocycles. The number of nitriles is 1. The molecule has 1 amide bonds. The van der Waals surface area contributed by atoms with Crippen molar-refractivity contribution in [2.45, 2.75) is 39.3 Å².